The van der Waals surface area contributed by atoms with Gasteiger partial charge >= 0.3 is 0 Å². The van der Waals surface area contributed by atoms with Gasteiger partial charge in [0.15, 0.2) is 5.82 Å². The number of benzene rings is 2. The molecule has 192 valence electrons. The summed E-state index contributed by atoms with van der Waals surface area (Å²) in [6, 6.07) is 14.8. The van der Waals surface area contributed by atoms with Crippen molar-refractivity contribution in [2.45, 2.75) is 0 Å². The second-order valence-electron chi connectivity index (χ2n) is 8.92. The van der Waals surface area contributed by atoms with Gasteiger partial charge in [0.1, 0.15) is 5.02 Å². The number of fused-ring (bicyclic) bond motifs is 1. The van der Waals surface area contributed by atoms with Crippen molar-refractivity contribution in [2.24, 2.45) is 4.36 Å². The second-order valence-corrected chi connectivity index (χ2v) is 11.9. The lowest BCUT2D eigenvalue weighted by Crippen LogP contribution is -2.12. The van der Waals surface area contributed by atoms with Crippen molar-refractivity contribution >= 4 is 61.2 Å². The van der Waals surface area contributed by atoms with Gasteiger partial charge in [-0.3, -0.25) is 9.36 Å². The fourth-order valence-corrected chi connectivity index (χ4v) is 4.35. The van der Waals surface area contributed by atoms with Gasteiger partial charge in [-0.25, -0.2) is 9.19 Å². The summed E-state index contributed by atoms with van der Waals surface area (Å²) in [5.74, 6) is 0.699. The fourth-order valence-electron chi connectivity index (χ4n) is 3.54. The Kier molecular flexibility index (Phi) is 7.91. The number of anilines is 3. The molecule has 0 radical (unpaired) electrons. The van der Waals surface area contributed by atoms with E-state index >= 15 is 0 Å². The van der Waals surface area contributed by atoms with Crippen LogP contribution in [0.1, 0.15) is 0 Å². The van der Waals surface area contributed by atoms with E-state index in [1.165, 1.54) is 6.08 Å². The van der Waals surface area contributed by atoms with Crippen LogP contribution in [0.2, 0.25) is 5.02 Å². The first-order valence-electron chi connectivity index (χ1n) is 11.4. The van der Waals surface area contributed by atoms with Crippen LogP contribution in [0.3, 0.4) is 0 Å². The molecule has 0 unspecified atom stereocenters. The number of nitrogens with zero attached hydrogens (tertiary/aromatic N) is 5. The van der Waals surface area contributed by atoms with Crippen LogP contribution in [-0.2, 0) is 14.5 Å². The van der Waals surface area contributed by atoms with Gasteiger partial charge in [0.2, 0.25) is 11.9 Å². The summed E-state index contributed by atoms with van der Waals surface area (Å²) in [6.45, 7) is 0.688. The molecule has 2 heterocycles. The minimum absolute atomic E-state index is 0.185. The van der Waals surface area contributed by atoms with E-state index in [1.54, 1.807) is 30.8 Å². The largest absolute Gasteiger partial charge is 0.324 e. The van der Waals surface area contributed by atoms with Crippen molar-refractivity contribution in [1.82, 2.24) is 19.4 Å². The van der Waals surface area contributed by atoms with E-state index in [0.717, 1.165) is 16.6 Å². The van der Waals surface area contributed by atoms with Crippen LogP contribution >= 0.6 is 11.6 Å². The maximum absolute atomic E-state index is 12.2. The molecule has 0 fully saturated rings. The number of aromatic nitrogens is 3. The van der Waals surface area contributed by atoms with Crippen LogP contribution in [0.25, 0.3) is 16.7 Å². The molecule has 11 heteroatoms. The third kappa shape index (κ3) is 7.16. The highest BCUT2D eigenvalue weighted by Gasteiger charge is 2.12. The van der Waals surface area contributed by atoms with Gasteiger partial charge in [0, 0.05) is 57.8 Å². The Morgan fingerprint density at radius 3 is 2.57 bits per heavy atom. The average Bonchev–Trinajstić information content (AvgIpc) is 3.23. The van der Waals surface area contributed by atoms with E-state index in [1.807, 2.05) is 72.2 Å². The smallest absolute Gasteiger partial charge is 0.248 e. The van der Waals surface area contributed by atoms with Gasteiger partial charge in [-0.15, -0.1) is 0 Å². The third-order valence-electron chi connectivity index (χ3n) is 5.10. The fraction of sp³-hybridized carbons (Fsp3) is 0.192. The maximum Gasteiger partial charge on any atom is 0.248 e. The second kappa shape index (κ2) is 11.1. The highest BCUT2D eigenvalue weighted by atomic mass is 35.5. The summed E-state index contributed by atoms with van der Waals surface area (Å²) in [5, 5.41) is 7.35. The van der Waals surface area contributed by atoms with Crippen molar-refractivity contribution in [3.8, 4) is 5.82 Å². The molecule has 2 N–H and O–H groups in total. The lowest BCUT2D eigenvalue weighted by Gasteiger charge is -2.11. The third-order valence-corrected chi connectivity index (χ3v) is 6.02. The first kappa shape index (κ1) is 26.3. The van der Waals surface area contributed by atoms with Gasteiger partial charge in [-0.2, -0.15) is 9.35 Å². The molecule has 0 saturated carbocycles. The van der Waals surface area contributed by atoms with Gasteiger partial charge in [-0.05, 0) is 62.6 Å². The number of likely N-dealkylation sites (N-methyl/N-ethyl adjacent to an activating group) is 1. The van der Waals surface area contributed by atoms with Crippen LogP contribution in [0.5, 0.6) is 0 Å². The predicted octanol–water partition coefficient (Wildman–Crippen LogP) is 5.23. The summed E-state index contributed by atoms with van der Waals surface area (Å²) in [6.07, 6.45) is 9.93. The minimum Gasteiger partial charge on any atom is -0.324 e. The topological polar surface area (TPSA) is 105 Å². The lowest BCUT2D eigenvalue weighted by atomic mass is 10.2. The normalized spacial score (nSPS) is 11.8. The number of nitrogens with one attached hydrogen (secondary N) is 2. The molecule has 0 spiro atoms. The van der Waals surface area contributed by atoms with Gasteiger partial charge in [-0.1, -0.05) is 17.7 Å². The molecule has 4 aromatic rings. The van der Waals surface area contributed by atoms with Gasteiger partial charge in [0.05, 0.1) is 17.4 Å². The van der Waals surface area contributed by atoms with Crippen molar-refractivity contribution in [3.05, 3.63) is 78.1 Å². The van der Waals surface area contributed by atoms with Crippen molar-refractivity contribution in [3.63, 3.8) is 0 Å². The van der Waals surface area contributed by atoms with E-state index in [4.69, 9.17) is 11.6 Å². The van der Waals surface area contributed by atoms with Gasteiger partial charge in [0.25, 0.3) is 0 Å². The first-order chi connectivity index (χ1) is 17.6. The summed E-state index contributed by atoms with van der Waals surface area (Å²) in [7, 11) is 1.65. The van der Waals surface area contributed by atoms with Crippen LogP contribution in [0.4, 0.5) is 23.0 Å². The zero-order valence-electron chi connectivity index (χ0n) is 21.0. The number of hydrogen-bond donors (Lipinski definition) is 2. The van der Waals surface area contributed by atoms with Crippen LogP contribution in [0, 0.1) is 0 Å². The van der Waals surface area contributed by atoms with Crippen molar-refractivity contribution < 1.29 is 9.00 Å². The zero-order valence-corrected chi connectivity index (χ0v) is 22.5. The van der Waals surface area contributed by atoms with E-state index < -0.39 is 9.73 Å². The Morgan fingerprint density at radius 1 is 1.14 bits per heavy atom. The first-order valence-corrected chi connectivity index (χ1v) is 14.1. The molecule has 1 amide bonds. The van der Waals surface area contributed by atoms with Crippen LogP contribution in [0.15, 0.2) is 77.4 Å². The molecule has 37 heavy (non-hydrogen) atoms. The van der Waals surface area contributed by atoms with Crippen molar-refractivity contribution in [1.29, 1.82) is 0 Å². The number of carbonyl (C=O) groups is 1. The Labute approximate surface area is 221 Å². The number of rotatable bonds is 8. The van der Waals surface area contributed by atoms with Gasteiger partial charge < -0.3 is 15.5 Å². The van der Waals surface area contributed by atoms with E-state index in [9.17, 15) is 9.00 Å². The summed E-state index contributed by atoms with van der Waals surface area (Å²) < 4.78 is 17.9. The SMILES string of the molecule is CN(C)C/C=C/C(=O)Nc1ccc2c(ccn2-c2nc(Nc3ccc(N=S(C)(C)=O)cc3)ncc2Cl)c1. The molecule has 0 atom stereocenters. The summed E-state index contributed by atoms with van der Waals surface area (Å²) >= 11 is 6.46. The minimum atomic E-state index is -2.23. The summed E-state index contributed by atoms with van der Waals surface area (Å²) in [4.78, 5) is 23.1. The molecule has 2 aromatic heterocycles. The monoisotopic (exact) mass is 537 g/mol. The Morgan fingerprint density at radius 2 is 1.86 bits per heavy atom. The molecule has 0 bridgehead atoms. The van der Waals surface area contributed by atoms with E-state index in [-0.39, 0.29) is 5.91 Å². The zero-order chi connectivity index (χ0) is 26.6. The van der Waals surface area contributed by atoms with Crippen molar-refractivity contribution in [2.75, 3.05) is 43.8 Å². The van der Waals surface area contributed by atoms with Crippen LogP contribution < -0.4 is 10.6 Å². The highest BCUT2D eigenvalue weighted by Crippen LogP contribution is 2.28. The molecular formula is C26H28ClN7O2S. The molecule has 4 rings (SSSR count). The summed E-state index contributed by atoms with van der Waals surface area (Å²) in [5.41, 5.74) is 2.96. The molecule has 0 aliphatic rings. The molecule has 0 aliphatic carbocycles. The van der Waals surface area contributed by atoms with E-state index in [2.05, 4.69) is 25.0 Å². The number of amides is 1. The highest BCUT2D eigenvalue weighted by molar-refractivity contribution is 7.92. The lowest BCUT2D eigenvalue weighted by molar-refractivity contribution is -0.111. The Hall–Kier alpha value is -3.73. The standard InChI is InChI=1S/C26H28ClN7O2S/c1-33(2)14-5-6-24(35)29-21-11-12-23-18(16-21)13-15-34(23)25-22(27)17-28-26(31-25)30-19-7-9-20(10-8-19)32-37(3,4)36/h5-13,15-17H,14H2,1-4H3,(H,29,35)(H,28,30,31)/b6-5+. The average molecular weight is 538 g/mol. The molecule has 9 nitrogen and oxygen atoms in total. The maximum atomic E-state index is 12.2. The molecule has 0 aliphatic heterocycles. The number of carbonyl (C=O) groups excluding carboxylic acids is 1. The van der Waals surface area contributed by atoms with Crippen LogP contribution in [-0.4, -0.2) is 62.7 Å². The number of hydrogen-bond acceptors (Lipinski definition) is 7. The number of halogens is 1. The predicted molar refractivity (Wildman–Crippen MR) is 152 cm³/mol. The van der Waals surface area contributed by atoms with E-state index in [0.29, 0.717) is 34.7 Å². The molecule has 2 aromatic carbocycles. The Bertz CT molecular complexity index is 1580. The molecule has 0 saturated heterocycles. The quantitative estimate of drug-likeness (QED) is 0.298. The molecular weight excluding hydrogens is 510 g/mol. The Balaban J connectivity index is 1.54.